The second kappa shape index (κ2) is 6.51. The van der Waals surface area contributed by atoms with E-state index in [1.807, 2.05) is 18.2 Å². The zero-order chi connectivity index (χ0) is 13.6. The third-order valence-corrected chi connectivity index (χ3v) is 3.46. The number of nitrogens with two attached hydrogens (primary N) is 1. The van der Waals surface area contributed by atoms with E-state index in [2.05, 4.69) is 5.32 Å². The third-order valence-electron chi connectivity index (χ3n) is 2.43. The van der Waals surface area contributed by atoms with Gasteiger partial charge in [0.25, 0.3) is 0 Å². The molecule has 5 nitrogen and oxygen atoms in total. The van der Waals surface area contributed by atoms with Gasteiger partial charge in [-0.15, -0.1) is 0 Å². The van der Waals surface area contributed by atoms with Gasteiger partial charge in [0.15, 0.2) is 0 Å². The minimum atomic E-state index is -3.01. The van der Waals surface area contributed by atoms with Crippen LogP contribution in [0.25, 0.3) is 0 Å². The molecule has 1 rings (SSSR count). The van der Waals surface area contributed by atoms with Gasteiger partial charge in [-0.2, -0.15) is 0 Å². The second-order valence-electron chi connectivity index (χ2n) is 4.14. The largest absolute Gasteiger partial charge is 0.326 e. The zero-order valence-electron chi connectivity index (χ0n) is 10.3. The molecule has 0 aliphatic heterocycles. The molecule has 0 bridgehead atoms. The lowest BCUT2D eigenvalue weighted by atomic mass is 10.1. The van der Waals surface area contributed by atoms with Crippen molar-refractivity contribution in [2.45, 2.75) is 19.4 Å². The highest BCUT2D eigenvalue weighted by molar-refractivity contribution is 7.90. The van der Waals surface area contributed by atoms with Crippen LogP contribution >= 0.6 is 0 Å². The van der Waals surface area contributed by atoms with Gasteiger partial charge in [-0.25, -0.2) is 8.42 Å². The Morgan fingerprint density at radius 1 is 1.33 bits per heavy atom. The highest BCUT2D eigenvalue weighted by Gasteiger charge is 2.08. The molecule has 1 aromatic carbocycles. The summed E-state index contributed by atoms with van der Waals surface area (Å²) in [6.07, 6.45) is 1.68. The summed E-state index contributed by atoms with van der Waals surface area (Å²) in [6, 6.07) is 7.27. The summed E-state index contributed by atoms with van der Waals surface area (Å²) < 4.78 is 21.8. The van der Waals surface area contributed by atoms with E-state index in [1.54, 1.807) is 6.07 Å². The van der Waals surface area contributed by atoms with Crippen LogP contribution in [-0.4, -0.2) is 26.3 Å². The summed E-state index contributed by atoms with van der Waals surface area (Å²) in [7, 11) is -3.01. The van der Waals surface area contributed by atoms with E-state index in [1.165, 1.54) is 0 Å². The highest BCUT2D eigenvalue weighted by atomic mass is 32.2. The molecule has 0 unspecified atom stereocenters. The molecule has 3 N–H and O–H groups in total. The first-order chi connectivity index (χ1) is 8.42. The van der Waals surface area contributed by atoms with E-state index < -0.39 is 9.84 Å². The van der Waals surface area contributed by atoms with Gasteiger partial charge in [0.2, 0.25) is 5.91 Å². The molecule has 18 heavy (non-hydrogen) atoms. The Balaban J connectivity index is 2.50. The van der Waals surface area contributed by atoms with E-state index >= 15 is 0 Å². The molecule has 0 saturated heterocycles. The monoisotopic (exact) mass is 270 g/mol. The Morgan fingerprint density at radius 2 is 2.00 bits per heavy atom. The van der Waals surface area contributed by atoms with Crippen LogP contribution in [-0.2, 0) is 21.2 Å². The molecule has 0 spiro atoms. The van der Waals surface area contributed by atoms with E-state index in [-0.39, 0.29) is 18.1 Å². The summed E-state index contributed by atoms with van der Waals surface area (Å²) in [4.78, 5) is 11.6. The first-order valence-corrected chi connectivity index (χ1v) is 7.74. The van der Waals surface area contributed by atoms with Gasteiger partial charge < -0.3 is 11.1 Å². The van der Waals surface area contributed by atoms with Crippen LogP contribution in [0.2, 0.25) is 0 Å². The number of nitrogens with one attached hydrogen (secondary N) is 1. The van der Waals surface area contributed by atoms with E-state index in [0.29, 0.717) is 18.7 Å². The Labute approximate surface area is 107 Å². The Bertz CT molecular complexity index is 512. The van der Waals surface area contributed by atoms with Crippen LogP contribution in [0.15, 0.2) is 24.3 Å². The molecule has 100 valence electrons. The SMILES string of the molecule is CS(=O)(=O)CCCC(=O)Nc1ccccc1CN. The molecule has 0 aliphatic rings. The number of sulfone groups is 1. The highest BCUT2D eigenvalue weighted by Crippen LogP contribution is 2.14. The van der Waals surface area contributed by atoms with Crippen LogP contribution in [0.4, 0.5) is 5.69 Å². The number of hydrogen-bond donors (Lipinski definition) is 2. The number of anilines is 1. The average Bonchev–Trinajstić information content (AvgIpc) is 2.28. The normalized spacial score (nSPS) is 11.2. The van der Waals surface area contributed by atoms with Gasteiger partial charge in [0, 0.05) is 24.9 Å². The van der Waals surface area contributed by atoms with Crippen molar-refractivity contribution in [2.24, 2.45) is 5.73 Å². The minimum absolute atomic E-state index is 0.0267. The van der Waals surface area contributed by atoms with Crippen molar-refractivity contribution >= 4 is 21.4 Å². The molecule has 0 atom stereocenters. The summed E-state index contributed by atoms with van der Waals surface area (Å²) >= 11 is 0. The van der Waals surface area contributed by atoms with Gasteiger partial charge >= 0.3 is 0 Å². The topological polar surface area (TPSA) is 89.3 Å². The van der Waals surface area contributed by atoms with Crippen molar-refractivity contribution in [1.29, 1.82) is 0 Å². The molecule has 0 radical (unpaired) electrons. The standard InChI is InChI=1S/C12H18N2O3S/c1-18(16,17)8-4-7-12(15)14-11-6-3-2-5-10(11)9-13/h2-3,5-6H,4,7-9,13H2,1H3,(H,14,15). The number of carbonyl (C=O) groups is 1. The maximum absolute atomic E-state index is 11.6. The predicted molar refractivity (Wildman–Crippen MR) is 71.9 cm³/mol. The minimum Gasteiger partial charge on any atom is -0.326 e. The lowest BCUT2D eigenvalue weighted by Gasteiger charge is -2.09. The maximum Gasteiger partial charge on any atom is 0.224 e. The number of rotatable bonds is 6. The molecule has 0 saturated carbocycles. The first kappa shape index (κ1) is 14.7. The van der Waals surface area contributed by atoms with Crippen molar-refractivity contribution in [2.75, 3.05) is 17.3 Å². The van der Waals surface area contributed by atoms with Crippen LogP contribution in [0, 0.1) is 0 Å². The van der Waals surface area contributed by atoms with Crippen LogP contribution in [0.5, 0.6) is 0 Å². The van der Waals surface area contributed by atoms with Crippen LogP contribution < -0.4 is 11.1 Å². The molecular weight excluding hydrogens is 252 g/mol. The van der Waals surface area contributed by atoms with E-state index in [9.17, 15) is 13.2 Å². The Kier molecular flexibility index (Phi) is 5.30. The third kappa shape index (κ3) is 5.29. The van der Waals surface area contributed by atoms with Crippen LogP contribution in [0.3, 0.4) is 0 Å². The number of benzene rings is 1. The van der Waals surface area contributed by atoms with Gasteiger partial charge in [0.05, 0.1) is 5.75 Å². The van der Waals surface area contributed by atoms with Crippen molar-refractivity contribution in [3.8, 4) is 0 Å². The molecule has 0 aliphatic carbocycles. The zero-order valence-corrected chi connectivity index (χ0v) is 11.2. The fourth-order valence-corrected chi connectivity index (χ4v) is 2.20. The molecule has 0 fully saturated rings. The van der Waals surface area contributed by atoms with E-state index in [0.717, 1.165) is 11.8 Å². The van der Waals surface area contributed by atoms with E-state index in [4.69, 9.17) is 5.73 Å². The molecule has 0 aromatic heterocycles. The number of para-hydroxylation sites is 1. The average molecular weight is 270 g/mol. The Morgan fingerprint density at radius 3 is 2.61 bits per heavy atom. The fraction of sp³-hybridized carbons (Fsp3) is 0.417. The summed E-state index contributed by atoms with van der Waals surface area (Å²) in [5.74, 6) is -0.168. The van der Waals surface area contributed by atoms with Gasteiger partial charge in [-0.3, -0.25) is 4.79 Å². The van der Waals surface area contributed by atoms with Crippen LogP contribution in [0.1, 0.15) is 18.4 Å². The lowest BCUT2D eigenvalue weighted by Crippen LogP contribution is -2.15. The van der Waals surface area contributed by atoms with Gasteiger partial charge in [-0.1, -0.05) is 18.2 Å². The van der Waals surface area contributed by atoms with Gasteiger partial charge in [0.1, 0.15) is 9.84 Å². The van der Waals surface area contributed by atoms with Crippen molar-refractivity contribution in [3.63, 3.8) is 0 Å². The van der Waals surface area contributed by atoms with Gasteiger partial charge in [-0.05, 0) is 18.1 Å². The number of amides is 1. The Hall–Kier alpha value is -1.40. The van der Waals surface area contributed by atoms with Crippen molar-refractivity contribution < 1.29 is 13.2 Å². The lowest BCUT2D eigenvalue weighted by molar-refractivity contribution is -0.116. The summed E-state index contributed by atoms with van der Waals surface area (Å²) in [6.45, 7) is 0.347. The molecule has 1 amide bonds. The fourth-order valence-electron chi connectivity index (χ4n) is 1.53. The number of carbonyl (C=O) groups excluding carboxylic acids is 1. The first-order valence-electron chi connectivity index (χ1n) is 5.68. The molecule has 0 heterocycles. The van der Waals surface area contributed by atoms with Crippen molar-refractivity contribution in [3.05, 3.63) is 29.8 Å². The summed E-state index contributed by atoms with van der Waals surface area (Å²) in [5, 5.41) is 2.73. The molecule has 1 aromatic rings. The van der Waals surface area contributed by atoms with Crippen molar-refractivity contribution in [1.82, 2.24) is 0 Å². The maximum atomic E-state index is 11.6. The predicted octanol–water partition coefficient (Wildman–Crippen LogP) is 0.909. The number of hydrogen-bond acceptors (Lipinski definition) is 4. The smallest absolute Gasteiger partial charge is 0.224 e. The molecular formula is C12H18N2O3S. The second-order valence-corrected chi connectivity index (χ2v) is 6.40. The summed E-state index contributed by atoms with van der Waals surface area (Å²) in [5.41, 5.74) is 7.09. The quantitative estimate of drug-likeness (QED) is 0.804. The molecule has 6 heteroatoms.